The molecule has 0 aliphatic rings. The molecule has 0 spiro atoms. The largest absolute Gasteiger partial charge is 0.464 e. The Kier molecular flexibility index (Phi) is 3.39. The van der Waals surface area contributed by atoms with E-state index in [1.54, 1.807) is 6.20 Å². The lowest BCUT2D eigenvalue weighted by Crippen LogP contribution is -2.19. The monoisotopic (exact) mass is 267 g/mol. The van der Waals surface area contributed by atoms with Crippen LogP contribution in [0.15, 0.2) is 53.4 Å². The highest BCUT2D eigenvalue weighted by Crippen LogP contribution is 2.29. The van der Waals surface area contributed by atoms with Crippen LogP contribution < -0.4 is 11.1 Å². The number of hydrogen-bond donors (Lipinski definition) is 2. The van der Waals surface area contributed by atoms with Crippen LogP contribution in [0.5, 0.6) is 0 Å². The maximum atomic E-state index is 6.00. The van der Waals surface area contributed by atoms with Gasteiger partial charge in [-0.15, -0.1) is 0 Å². The predicted molar refractivity (Wildman–Crippen MR) is 80.4 cm³/mol. The molecule has 1 atom stereocenters. The van der Waals surface area contributed by atoms with Crippen LogP contribution in [-0.4, -0.2) is 12.0 Å². The third-order valence-corrected chi connectivity index (χ3v) is 3.60. The number of nitrogens with zero attached hydrogens (tertiary/aromatic N) is 1. The number of pyridine rings is 1. The summed E-state index contributed by atoms with van der Waals surface area (Å²) in [6.45, 7) is 0. The van der Waals surface area contributed by atoms with Crippen LogP contribution in [0.3, 0.4) is 0 Å². The molecule has 0 aliphatic heterocycles. The summed E-state index contributed by atoms with van der Waals surface area (Å²) in [5.41, 5.74) is 9.86. The van der Waals surface area contributed by atoms with Crippen molar-refractivity contribution in [2.45, 2.75) is 12.5 Å². The van der Waals surface area contributed by atoms with Crippen molar-refractivity contribution in [2.24, 2.45) is 0 Å². The summed E-state index contributed by atoms with van der Waals surface area (Å²) >= 11 is 0. The fraction of sp³-hybridized carbons (Fsp3) is 0.188. The van der Waals surface area contributed by atoms with E-state index in [9.17, 15) is 0 Å². The molecule has 0 radical (unpaired) electrons. The average molecular weight is 267 g/mol. The van der Waals surface area contributed by atoms with Gasteiger partial charge in [0.25, 0.3) is 0 Å². The first-order valence-corrected chi connectivity index (χ1v) is 6.61. The summed E-state index contributed by atoms with van der Waals surface area (Å²) in [5, 5.41) is 4.46. The molecular weight excluding hydrogens is 250 g/mol. The van der Waals surface area contributed by atoms with Crippen LogP contribution in [0.1, 0.15) is 17.2 Å². The molecule has 2 aromatic heterocycles. The van der Waals surface area contributed by atoms with Gasteiger partial charge in [0.2, 0.25) is 0 Å². The van der Waals surface area contributed by atoms with E-state index in [0.717, 1.165) is 34.2 Å². The molecule has 0 saturated carbocycles. The molecule has 1 aromatic carbocycles. The molecular formula is C16H17N3O. The van der Waals surface area contributed by atoms with E-state index in [1.165, 1.54) is 0 Å². The van der Waals surface area contributed by atoms with Gasteiger partial charge in [-0.3, -0.25) is 4.98 Å². The number of rotatable bonds is 4. The Labute approximate surface area is 117 Å². The van der Waals surface area contributed by atoms with Gasteiger partial charge in [0, 0.05) is 35.1 Å². The lowest BCUT2D eigenvalue weighted by Gasteiger charge is -2.16. The highest BCUT2D eigenvalue weighted by atomic mass is 16.3. The highest BCUT2D eigenvalue weighted by molar-refractivity contribution is 5.81. The number of aromatic nitrogens is 1. The van der Waals surface area contributed by atoms with Gasteiger partial charge in [-0.25, -0.2) is 0 Å². The summed E-state index contributed by atoms with van der Waals surface area (Å²) < 4.78 is 5.61. The number of likely N-dealkylation sites (N-methyl/N-ethyl adjacent to an activating group) is 1. The van der Waals surface area contributed by atoms with Crippen molar-refractivity contribution in [3.8, 4) is 0 Å². The molecule has 0 fully saturated rings. The Balaban J connectivity index is 1.96. The fourth-order valence-electron chi connectivity index (χ4n) is 2.46. The third kappa shape index (κ3) is 2.26. The van der Waals surface area contributed by atoms with E-state index in [2.05, 4.69) is 16.4 Å². The molecule has 0 aliphatic carbocycles. The van der Waals surface area contributed by atoms with E-state index < -0.39 is 0 Å². The maximum Gasteiger partial charge on any atom is 0.134 e. The molecule has 1 unspecified atom stereocenters. The van der Waals surface area contributed by atoms with Gasteiger partial charge >= 0.3 is 0 Å². The van der Waals surface area contributed by atoms with Crippen molar-refractivity contribution in [3.05, 3.63) is 60.1 Å². The summed E-state index contributed by atoms with van der Waals surface area (Å²) in [6, 6.07) is 10.0. The number of nitrogens with one attached hydrogen (secondary N) is 1. The average Bonchev–Trinajstić information content (AvgIpc) is 2.90. The second-order valence-electron chi connectivity index (χ2n) is 4.81. The van der Waals surface area contributed by atoms with E-state index >= 15 is 0 Å². The van der Waals surface area contributed by atoms with Gasteiger partial charge in [0.05, 0.1) is 6.26 Å². The molecule has 3 rings (SSSR count). The molecule has 0 bridgehead atoms. The number of anilines is 1. The topological polar surface area (TPSA) is 64.1 Å². The van der Waals surface area contributed by atoms with Crippen LogP contribution >= 0.6 is 0 Å². The minimum atomic E-state index is 0.144. The van der Waals surface area contributed by atoms with Crippen molar-refractivity contribution in [1.82, 2.24) is 10.3 Å². The minimum absolute atomic E-state index is 0.144. The second-order valence-corrected chi connectivity index (χ2v) is 4.81. The van der Waals surface area contributed by atoms with E-state index in [4.69, 9.17) is 10.2 Å². The number of fused-ring (bicyclic) bond motifs is 1. The molecule has 2 heterocycles. The lowest BCUT2D eigenvalue weighted by molar-refractivity contribution is 0.563. The number of nitrogen functional groups attached to an aromatic ring is 1. The van der Waals surface area contributed by atoms with Gasteiger partial charge < -0.3 is 15.5 Å². The maximum absolute atomic E-state index is 6.00. The number of para-hydroxylation sites is 1. The zero-order chi connectivity index (χ0) is 13.9. The van der Waals surface area contributed by atoms with Crippen molar-refractivity contribution < 1.29 is 4.42 Å². The number of furan rings is 1. The first kappa shape index (κ1) is 12.7. The highest BCUT2D eigenvalue weighted by Gasteiger charge is 2.17. The normalized spacial score (nSPS) is 12.7. The first-order chi connectivity index (χ1) is 9.79. The van der Waals surface area contributed by atoms with E-state index in [0.29, 0.717) is 0 Å². The minimum Gasteiger partial charge on any atom is -0.464 e. The Morgan fingerprint density at radius 3 is 2.95 bits per heavy atom. The van der Waals surface area contributed by atoms with Crippen molar-refractivity contribution in [1.29, 1.82) is 0 Å². The number of nitrogens with two attached hydrogens (primary N) is 1. The zero-order valence-electron chi connectivity index (χ0n) is 11.3. The molecule has 3 N–H and O–H groups in total. The Hall–Kier alpha value is -2.33. The second kappa shape index (κ2) is 5.35. The zero-order valence-corrected chi connectivity index (χ0v) is 11.3. The Morgan fingerprint density at radius 1 is 1.30 bits per heavy atom. The van der Waals surface area contributed by atoms with Gasteiger partial charge in [-0.05, 0) is 31.2 Å². The van der Waals surface area contributed by atoms with Gasteiger partial charge in [0.1, 0.15) is 5.58 Å². The summed E-state index contributed by atoms with van der Waals surface area (Å²) in [7, 11) is 1.94. The molecule has 4 nitrogen and oxygen atoms in total. The van der Waals surface area contributed by atoms with Crippen LogP contribution in [0.25, 0.3) is 11.0 Å². The number of hydrogen-bond acceptors (Lipinski definition) is 4. The SMILES string of the molecule is CNC(Cc1cnccc1N)c1coc2ccccc12. The predicted octanol–water partition coefficient (Wildman–Crippen LogP) is 2.91. The third-order valence-electron chi connectivity index (χ3n) is 3.60. The van der Waals surface area contributed by atoms with Crippen LogP contribution in [0, 0.1) is 0 Å². The summed E-state index contributed by atoms with van der Waals surface area (Å²) in [5.74, 6) is 0. The van der Waals surface area contributed by atoms with Crippen LogP contribution in [0.2, 0.25) is 0 Å². The molecule has 0 saturated heterocycles. The Bertz CT molecular complexity index is 720. The van der Waals surface area contributed by atoms with Crippen molar-refractivity contribution in [3.63, 3.8) is 0 Å². The van der Waals surface area contributed by atoms with Gasteiger partial charge in [-0.2, -0.15) is 0 Å². The summed E-state index contributed by atoms with van der Waals surface area (Å²) in [6.07, 6.45) is 6.13. The van der Waals surface area contributed by atoms with E-state index in [-0.39, 0.29) is 6.04 Å². The van der Waals surface area contributed by atoms with E-state index in [1.807, 2.05) is 43.8 Å². The fourth-order valence-corrected chi connectivity index (χ4v) is 2.46. The quantitative estimate of drug-likeness (QED) is 0.763. The smallest absolute Gasteiger partial charge is 0.134 e. The van der Waals surface area contributed by atoms with Gasteiger partial charge in [0.15, 0.2) is 0 Å². The summed E-state index contributed by atoms with van der Waals surface area (Å²) in [4.78, 5) is 4.15. The molecule has 102 valence electrons. The van der Waals surface area contributed by atoms with Crippen LogP contribution in [0.4, 0.5) is 5.69 Å². The molecule has 20 heavy (non-hydrogen) atoms. The Morgan fingerprint density at radius 2 is 2.15 bits per heavy atom. The van der Waals surface area contributed by atoms with Crippen LogP contribution in [-0.2, 0) is 6.42 Å². The first-order valence-electron chi connectivity index (χ1n) is 6.61. The molecule has 3 aromatic rings. The molecule has 4 heteroatoms. The standard InChI is InChI=1S/C16H17N3O/c1-18-15(8-11-9-19-7-6-14(11)17)13-10-20-16-5-3-2-4-12(13)16/h2-7,9-10,15,18H,8H2,1H3,(H2,17,19). The number of benzene rings is 1. The van der Waals surface area contributed by atoms with Crippen molar-refractivity contribution in [2.75, 3.05) is 12.8 Å². The lowest BCUT2D eigenvalue weighted by atomic mass is 9.98. The van der Waals surface area contributed by atoms with Crippen molar-refractivity contribution >= 4 is 16.7 Å². The van der Waals surface area contributed by atoms with Gasteiger partial charge in [-0.1, -0.05) is 18.2 Å². The molecule has 0 amide bonds.